The fourth-order valence-electron chi connectivity index (χ4n) is 2.17. The molecule has 1 aromatic carbocycles. The number of aliphatic hydroxyl groups excluding tert-OH is 1. The normalized spacial score (nSPS) is 11.6. The number of nitrogens with one attached hydrogen (secondary N) is 1. The lowest BCUT2D eigenvalue weighted by molar-refractivity contribution is -0.384. The number of hydrogen-bond acceptors (Lipinski definition) is 7. The van der Waals surface area contributed by atoms with Crippen LogP contribution in [-0.2, 0) is 0 Å². The van der Waals surface area contributed by atoms with Crippen molar-refractivity contribution in [2.24, 2.45) is 0 Å². The molecule has 1 unspecified atom stereocenters. The van der Waals surface area contributed by atoms with Crippen LogP contribution in [0.5, 0.6) is 11.5 Å². The van der Waals surface area contributed by atoms with Gasteiger partial charge in [-0.05, 0) is 30.7 Å². The molecule has 0 radical (unpaired) electrons. The molecule has 0 aliphatic carbocycles. The van der Waals surface area contributed by atoms with Crippen molar-refractivity contribution in [3.8, 4) is 11.5 Å². The minimum absolute atomic E-state index is 0.0841. The van der Waals surface area contributed by atoms with Gasteiger partial charge in [0, 0.05) is 12.3 Å². The quantitative estimate of drug-likeness (QED) is 0.564. The Bertz CT molecular complexity index is 708. The van der Waals surface area contributed by atoms with Gasteiger partial charge in [0.1, 0.15) is 6.61 Å². The van der Waals surface area contributed by atoms with E-state index in [1.807, 2.05) is 13.0 Å². The van der Waals surface area contributed by atoms with Crippen LogP contribution in [0.4, 0.5) is 11.5 Å². The highest BCUT2D eigenvalue weighted by atomic mass is 16.6. The lowest BCUT2D eigenvalue weighted by atomic mass is 10.1. The first-order chi connectivity index (χ1) is 11.6. The van der Waals surface area contributed by atoms with Crippen molar-refractivity contribution in [3.05, 3.63) is 52.2 Å². The van der Waals surface area contributed by atoms with Crippen molar-refractivity contribution >= 4 is 11.5 Å². The number of anilines is 1. The van der Waals surface area contributed by atoms with E-state index in [1.54, 1.807) is 12.1 Å². The van der Waals surface area contributed by atoms with Crippen LogP contribution in [0.2, 0.25) is 0 Å². The van der Waals surface area contributed by atoms with Crippen molar-refractivity contribution in [1.29, 1.82) is 0 Å². The summed E-state index contributed by atoms with van der Waals surface area (Å²) in [4.78, 5) is 14.6. The first-order valence-corrected chi connectivity index (χ1v) is 7.34. The predicted molar refractivity (Wildman–Crippen MR) is 88.5 cm³/mol. The first-order valence-electron chi connectivity index (χ1n) is 7.34. The highest BCUT2D eigenvalue weighted by molar-refractivity contribution is 5.56. The second kappa shape index (κ2) is 8.11. The Morgan fingerprint density at radius 1 is 1.38 bits per heavy atom. The molecule has 128 valence electrons. The zero-order chi connectivity index (χ0) is 17.5. The lowest BCUT2D eigenvalue weighted by Gasteiger charge is -2.17. The second-order valence-electron chi connectivity index (χ2n) is 4.98. The van der Waals surface area contributed by atoms with Crippen molar-refractivity contribution in [1.82, 2.24) is 4.98 Å². The fraction of sp³-hybridized carbons (Fsp3) is 0.312. The summed E-state index contributed by atoms with van der Waals surface area (Å²) in [6, 6.07) is 8.01. The number of aromatic nitrogens is 1. The van der Waals surface area contributed by atoms with E-state index < -0.39 is 4.92 Å². The van der Waals surface area contributed by atoms with E-state index in [1.165, 1.54) is 25.4 Å². The molecule has 0 aliphatic heterocycles. The molecular formula is C16H19N3O5. The Hall–Kier alpha value is -2.87. The maximum absolute atomic E-state index is 11.1. The van der Waals surface area contributed by atoms with Crippen LogP contribution in [0.25, 0.3) is 0 Å². The predicted octanol–water partition coefficient (Wildman–Crippen LogP) is 2.54. The number of rotatable bonds is 8. The van der Waals surface area contributed by atoms with E-state index >= 15 is 0 Å². The number of methoxy groups -OCH3 is 1. The molecule has 1 aromatic heterocycles. The molecule has 0 amide bonds. The van der Waals surface area contributed by atoms with Gasteiger partial charge in [-0.2, -0.15) is 0 Å². The number of hydrogen-bond donors (Lipinski definition) is 2. The maximum Gasteiger partial charge on any atom is 0.311 e. The molecule has 2 rings (SSSR count). The monoisotopic (exact) mass is 333 g/mol. The number of ether oxygens (including phenoxy) is 2. The average molecular weight is 333 g/mol. The molecule has 24 heavy (non-hydrogen) atoms. The number of nitro groups is 1. The Morgan fingerprint density at radius 2 is 2.17 bits per heavy atom. The van der Waals surface area contributed by atoms with Crippen LogP contribution in [-0.4, -0.2) is 35.3 Å². The molecule has 0 fully saturated rings. The third-order valence-electron chi connectivity index (χ3n) is 3.37. The Labute approximate surface area is 139 Å². The lowest BCUT2D eigenvalue weighted by Crippen LogP contribution is -2.10. The highest BCUT2D eigenvalue weighted by Gasteiger charge is 2.17. The topological polar surface area (TPSA) is 107 Å². The molecule has 8 nitrogen and oxygen atoms in total. The van der Waals surface area contributed by atoms with Crippen molar-refractivity contribution in [2.75, 3.05) is 25.6 Å². The SMILES string of the molecule is COc1cc(C(C)Nc2ncccc2[N+](=O)[O-])ccc1OCCO. The molecule has 8 heteroatoms. The minimum Gasteiger partial charge on any atom is -0.493 e. The summed E-state index contributed by atoms with van der Waals surface area (Å²) < 4.78 is 10.7. The third-order valence-corrected chi connectivity index (χ3v) is 3.37. The second-order valence-corrected chi connectivity index (χ2v) is 4.98. The minimum atomic E-state index is -0.478. The molecule has 0 spiro atoms. The summed E-state index contributed by atoms with van der Waals surface area (Å²) >= 11 is 0. The van der Waals surface area contributed by atoms with Crippen LogP contribution in [0.3, 0.4) is 0 Å². The van der Waals surface area contributed by atoms with Crippen molar-refractivity contribution < 1.29 is 19.5 Å². The summed E-state index contributed by atoms with van der Waals surface area (Å²) in [5, 5.41) is 22.9. The Morgan fingerprint density at radius 3 is 2.83 bits per heavy atom. The summed E-state index contributed by atoms with van der Waals surface area (Å²) in [6.45, 7) is 1.94. The Balaban J connectivity index is 2.21. The molecular weight excluding hydrogens is 314 g/mol. The van der Waals surface area contributed by atoms with Crippen molar-refractivity contribution in [3.63, 3.8) is 0 Å². The summed E-state index contributed by atoms with van der Waals surface area (Å²) in [5.41, 5.74) is 0.766. The molecule has 0 aliphatic rings. The molecule has 2 aromatic rings. The molecule has 1 heterocycles. The van der Waals surface area contributed by atoms with E-state index in [0.717, 1.165) is 5.56 Å². The number of nitrogens with zero attached hydrogens (tertiary/aromatic N) is 2. The van der Waals surface area contributed by atoms with Crippen LogP contribution >= 0.6 is 0 Å². The van der Waals surface area contributed by atoms with E-state index in [0.29, 0.717) is 11.5 Å². The van der Waals surface area contributed by atoms with Gasteiger partial charge >= 0.3 is 5.69 Å². The van der Waals surface area contributed by atoms with Crippen LogP contribution in [0.1, 0.15) is 18.5 Å². The molecule has 0 bridgehead atoms. The summed E-state index contributed by atoms with van der Waals surface area (Å²) in [7, 11) is 1.52. The zero-order valence-electron chi connectivity index (χ0n) is 13.4. The standard InChI is InChI=1S/C16H19N3O5/c1-11(18-16-13(19(21)22)4-3-7-17-16)12-5-6-14(24-9-8-20)15(10-12)23-2/h3-7,10-11,20H,8-9H2,1-2H3,(H,17,18). The summed E-state index contributed by atoms with van der Waals surface area (Å²) in [5.74, 6) is 1.24. The summed E-state index contributed by atoms with van der Waals surface area (Å²) in [6.07, 6.45) is 1.49. The van der Waals surface area contributed by atoms with Gasteiger partial charge in [-0.3, -0.25) is 10.1 Å². The van der Waals surface area contributed by atoms with Gasteiger partial charge in [-0.15, -0.1) is 0 Å². The molecule has 0 saturated carbocycles. The first kappa shape index (κ1) is 17.5. The van der Waals surface area contributed by atoms with E-state index in [9.17, 15) is 10.1 Å². The van der Waals surface area contributed by atoms with E-state index in [2.05, 4.69) is 10.3 Å². The van der Waals surface area contributed by atoms with Crippen molar-refractivity contribution in [2.45, 2.75) is 13.0 Å². The Kier molecular flexibility index (Phi) is 5.91. The van der Waals surface area contributed by atoms with E-state index in [4.69, 9.17) is 14.6 Å². The number of pyridine rings is 1. The fourth-order valence-corrected chi connectivity index (χ4v) is 2.17. The smallest absolute Gasteiger partial charge is 0.311 e. The highest BCUT2D eigenvalue weighted by Crippen LogP contribution is 2.32. The van der Waals surface area contributed by atoms with Gasteiger partial charge in [-0.25, -0.2) is 4.98 Å². The van der Waals surface area contributed by atoms with Gasteiger partial charge in [0.05, 0.1) is 24.7 Å². The van der Waals surface area contributed by atoms with E-state index in [-0.39, 0.29) is 30.8 Å². The average Bonchev–Trinajstić information content (AvgIpc) is 2.60. The third kappa shape index (κ3) is 4.11. The molecule has 2 N–H and O–H groups in total. The van der Waals surface area contributed by atoms with Gasteiger partial charge in [0.2, 0.25) is 5.82 Å². The number of benzene rings is 1. The zero-order valence-corrected chi connectivity index (χ0v) is 13.4. The molecule has 0 saturated heterocycles. The van der Waals surface area contributed by atoms with Gasteiger partial charge in [-0.1, -0.05) is 6.07 Å². The van der Waals surface area contributed by atoms with Gasteiger partial charge in [0.25, 0.3) is 0 Å². The van der Waals surface area contributed by atoms with Crippen LogP contribution in [0, 0.1) is 10.1 Å². The largest absolute Gasteiger partial charge is 0.493 e. The van der Waals surface area contributed by atoms with Gasteiger partial charge < -0.3 is 19.9 Å². The van der Waals surface area contributed by atoms with Crippen LogP contribution in [0.15, 0.2) is 36.5 Å². The van der Waals surface area contributed by atoms with Crippen LogP contribution < -0.4 is 14.8 Å². The maximum atomic E-state index is 11.1. The van der Waals surface area contributed by atoms with Gasteiger partial charge in [0.15, 0.2) is 11.5 Å². The number of aliphatic hydroxyl groups is 1. The molecule has 1 atom stereocenters.